The minimum atomic E-state index is 0.203. The Bertz CT molecular complexity index is 646. The second kappa shape index (κ2) is 4.91. The van der Waals surface area contributed by atoms with Crippen LogP contribution in [0.2, 0.25) is 0 Å². The molecule has 1 aromatic carbocycles. The fourth-order valence-electron chi connectivity index (χ4n) is 3.22. The van der Waals surface area contributed by atoms with Crippen LogP contribution in [0.15, 0.2) is 36.8 Å². The lowest BCUT2D eigenvalue weighted by Gasteiger charge is -2.43. The van der Waals surface area contributed by atoms with Crippen molar-refractivity contribution in [1.82, 2.24) is 9.97 Å². The first kappa shape index (κ1) is 12.4. The van der Waals surface area contributed by atoms with E-state index in [9.17, 15) is 0 Å². The van der Waals surface area contributed by atoms with Crippen molar-refractivity contribution in [3.05, 3.63) is 42.5 Å². The van der Waals surface area contributed by atoms with Gasteiger partial charge in [-0.25, -0.2) is 0 Å². The monoisotopic (exact) mass is 282 g/mol. The van der Waals surface area contributed by atoms with Gasteiger partial charge in [0.1, 0.15) is 18.0 Å². The Labute approximate surface area is 124 Å². The molecule has 0 spiro atoms. The number of hydrogen-bond acceptors (Lipinski definition) is 5. The van der Waals surface area contributed by atoms with Crippen LogP contribution in [-0.4, -0.2) is 36.2 Å². The van der Waals surface area contributed by atoms with E-state index in [1.54, 1.807) is 12.4 Å². The highest BCUT2D eigenvalue weighted by Gasteiger charge is 2.31. The quantitative estimate of drug-likeness (QED) is 0.845. The van der Waals surface area contributed by atoms with Crippen LogP contribution < -0.4 is 14.5 Å². The molecule has 5 heteroatoms. The molecule has 1 aromatic heterocycles. The van der Waals surface area contributed by atoms with Crippen molar-refractivity contribution < 1.29 is 4.74 Å². The third kappa shape index (κ3) is 2.00. The van der Waals surface area contributed by atoms with Crippen LogP contribution in [0.1, 0.15) is 18.7 Å². The van der Waals surface area contributed by atoms with Gasteiger partial charge in [0.05, 0.1) is 30.2 Å². The highest BCUT2D eigenvalue weighted by atomic mass is 16.5. The summed E-state index contributed by atoms with van der Waals surface area (Å²) in [6, 6.07) is 6.50. The fraction of sp³-hybridized carbons (Fsp3) is 0.375. The predicted octanol–water partition coefficient (Wildman–Crippen LogP) is 2.26. The maximum Gasteiger partial charge on any atom is 0.144 e. The molecular weight excluding hydrogens is 264 g/mol. The highest BCUT2D eigenvalue weighted by Crippen LogP contribution is 2.44. The number of anilines is 2. The fourth-order valence-corrected chi connectivity index (χ4v) is 3.22. The maximum atomic E-state index is 5.81. The van der Waals surface area contributed by atoms with E-state index in [4.69, 9.17) is 4.74 Å². The molecule has 3 heterocycles. The molecule has 0 saturated heterocycles. The van der Waals surface area contributed by atoms with E-state index in [1.165, 1.54) is 11.4 Å². The number of para-hydroxylation sites is 1. The summed E-state index contributed by atoms with van der Waals surface area (Å²) >= 11 is 0. The number of rotatable bonds is 2. The molecule has 2 aliphatic heterocycles. The molecule has 4 rings (SSSR count). The zero-order chi connectivity index (χ0) is 14.2. The van der Waals surface area contributed by atoms with Gasteiger partial charge in [0.2, 0.25) is 0 Å². The molecule has 5 nitrogen and oxygen atoms in total. The summed E-state index contributed by atoms with van der Waals surface area (Å²) in [6.07, 6.45) is 5.32. The molecule has 1 atom stereocenters. The van der Waals surface area contributed by atoms with E-state index in [0.29, 0.717) is 0 Å². The number of ether oxygens (including phenoxy) is 1. The lowest BCUT2D eigenvalue weighted by molar-refractivity contribution is 0.305. The number of aromatic nitrogens is 2. The lowest BCUT2D eigenvalue weighted by atomic mass is 10.1. The average molecular weight is 282 g/mol. The summed E-state index contributed by atoms with van der Waals surface area (Å²) in [5.74, 6) is 0.995. The van der Waals surface area contributed by atoms with E-state index in [0.717, 1.165) is 37.7 Å². The first-order valence-electron chi connectivity index (χ1n) is 7.38. The zero-order valence-electron chi connectivity index (χ0n) is 12.1. The summed E-state index contributed by atoms with van der Waals surface area (Å²) in [5, 5.41) is 0. The molecule has 0 aliphatic carbocycles. The minimum Gasteiger partial charge on any atom is -0.489 e. The Hall–Kier alpha value is -2.30. The first-order valence-corrected chi connectivity index (χ1v) is 7.38. The van der Waals surface area contributed by atoms with Crippen molar-refractivity contribution >= 4 is 11.4 Å². The van der Waals surface area contributed by atoms with Crippen LogP contribution in [0.25, 0.3) is 0 Å². The molecule has 108 valence electrons. The number of benzene rings is 1. The normalized spacial score (nSPS) is 18.0. The van der Waals surface area contributed by atoms with Crippen molar-refractivity contribution in [2.24, 2.45) is 0 Å². The summed E-state index contributed by atoms with van der Waals surface area (Å²) in [4.78, 5) is 13.5. The van der Waals surface area contributed by atoms with E-state index in [1.807, 2.05) is 6.20 Å². The molecular formula is C16H18N4O. The summed E-state index contributed by atoms with van der Waals surface area (Å²) in [6.45, 7) is 5.95. The van der Waals surface area contributed by atoms with Gasteiger partial charge in [-0.05, 0) is 19.1 Å². The largest absolute Gasteiger partial charge is 0.489 e. The molecule has 0 saturated carbocycles. The molecule has 2 aromatic rings. The molecule has 0 amide bonds. The predicted molar refractivity (Wildman–Crippen MR) is 81.9 cm³/mol. The van der Waals surface area contributed by atoms with E-state index >= 15 is 0 Å². The van der Waals surface area contributed by atoms with E-state index < -0.39 is 0 Å². The molecule has 0 radical (unpaired) electrons. The Morgan fingerprint density at radius 3 is 3.00 bits per heavy atom. The SMILES string of the molecule is C[C@H](c1cnccn1)N1CCN2CCOc3cccc1c32. The van der Waals surface area contributed by atoms with Crippen LogP contribution in [0.5, 0.6) is 5.75 Å². The Balaban J connectivity index is 1.75. The van der Waals surface area contributed by atoms with Crippen molar-refractivity contribution in [3.8, 4) is 5.75 Å². The van der Waals surface area contributed by atoms with Gasteiger partial charge in [-0.3, -0.25) is 9.97 Å². The first-order chi connectivity index (χ1) is 10.3. The van der Waals surface area contributed by atoms with Gasteiger partial charge >= 0.3 is 0 Å². The van der Waals surface area contributed by atoms with Gasteiger partial charge in [-0.15, -0.1) is 0 Å². The second-order valence-corrected chi connectivity index (χ2v) is 5.46. The van der Waals surface area contributed by atoms with Crippen LogP contribution in [0.3, 0.4) is 0 Å². The van der Waals surface area contributed by atoms with E-state index in [2.05, 4.69) is 44.9 Å². The van der Waals surface area contributed by atoms with Crippen molar-refractivity contribution in [2.75, 3.05) is 36.0 Å². The standard InChI is InChI=1S/C16H18N4O/c1-12(13-11-17-5-6-18-13)20-8-7-19-9-10-21-15-4-2-3-14(20)16(15)19/h2-6,11-12H,7-10H2,1H3/t12-/m1/s1. The topological polar surface area (TPSA) is 41.5 Å². The third-order valence-electron chi connectivity index (χ3n) is 4.31. The minimum absolute atomic E-state index is 0.203. The summed E-state index contributed by atoms with van der Waals surface area (Å²) in [7, 11) is 0. The third-order valence-corrected chi connectivity index (χ3v) is 4.31. The van der Waals surface area contributed by atoms with E-state index in [-0.39, 0.29) is 6.04 Å². The van der Waals surface area contributed by atoms with Gasteiger partial charge in [0, 0.05) is 25.5 Å². The lowest BCUT2D eigenvalue weighted by Crippen LogP contribution is -2.45. The van der Waals surface area contributed by atoms with Crippen LogP contribution in [0, 0.1) is 0 Å². The molecule has 0 unspecified atom stereocenters. The Kier molecular flexibility index (Phi) is 2.91. The Morgan fingerprint density at radius 1 is 1.19 bits per heavy atom. The van der Waals surface area contributed by atoms with Gasteiger partial charge in [-0.2, -0.15) is 0 Å². The summed E-state index contributed by atoms with van der Waals surface area (Å²) < 4.78 is 5.81. The highest BCUT2D eigenvalue weighted by molar-refractivity contribution is 5.80. The van der Waals surface area contributed by atoms with Gasteiger partial charge < -0.3 is 14.5 Å². The molecule has 0 N–H and O–H groups in total. The van der Waals surface area contributed by atoms with Crippen molar-refractivity contribution in [2.45, 2.75) is 13.0 Å². The molecule has 0 fully saturated rings. The van der Waals surface area contributed by atoms with Crippen molar-refractivity contribution in [1.29, 1.82) is 0 Å². The van der Waals surface area contributed by atoms with Crippen LogP contribution >= 0.6 is 0 Å². The zero-order valence-corrected chi connectivity index (χ0v) is 12.1. The smallest absolute Gasteiger partial charge is 0.144 e. The van der Waals surface area contributed by atoms with Crippen LogP contribution in [0.4, 0.5) is 11.4 Å². The van der Waals surface area contributed by atoms with Crippen molar-refractivity contribution in [3.63, 3.8) is 0 Å². The number of hydrogen-bond donors (Lipinski definition) is 0. The average Bonchev–Trinajstić information content (AvgIpc) is 2.56. The molecule has 21 heavy (non-hydrogen) atoms. The van der Waals surface area contributed by atoms with Crippen LogP contribution in [-0.2, 0) is 0 Å². The van der Waals surface area contributed by atoms with Gasteiger partial charge in [0.15, 0.2) is 0 Å². The van der Waals surface area contributed by atoms with Gasteiger partial charge in [0.25, 0.3) is 0 Å². The number of nitrogens with zero attached hydrogens (tertiary/aromatic N) is 4. The Morgan fingerprint density at radius 2 is 2.14 bits per heavy atom. The molecule has 2 aliphatic rings. The van der Waals surface area contributed by atoms with Gasteiger partial charge in [-0.1, -0.05) is 6.07 Å². The maximum absolute atomic E-state index is 5.81. The second-order valence-electron chi connectivity index (χ2n) is 5.46. The summed E-state index contributed by atoms with van der Waals surface area (Å²) in [5.41, 5.74) is 3.46. The molecule has 0 bridgehead atoms.